The predicted octanol–water partition coefficient (Wildman–Crippen LogP) is 2.89. The van der Waals surface area contributed by atoms with Crippen LogP contribution in [0.1, 0.15) is 24.8 Å². The maximum absolute atomic E-state index is 9.15. The van der Waals surface area contributed by atoms with Gasteiger partial charge in [0, 0.05) is 11.9 Å². The summed E-state index contributed by atoms with van der Waals surface area (Å²) in [6.45, 7) is 1.91. The molecule has 0 aliphatic heterocycles. The number of phenolic OH excluding ortho intramolecular Hbond substituents is 1. The highest BCUT2D eigenvalue weighted by Gasteiger charge is 2.21. The van der Waals surface area contributed by atoms with Crippen molar-refractivity contribution in [2.45, 2.75) is 31.2 Å². The van der Waals surface area contributed by atoms with Crippen molar-refractivity contribution in [3.05, 3.63) is 29.8 Å². The second kappa shape index (κ2) is 5.55. The summed E-state index contributed by atoms with van der Waals surface area (Å²) in [7, 11) is 0. The highest BCUT2D eigenvalue weighted by Crippen LogP contribution is 2.28. The Hall–Kier alpha value is -0.730. The van der Waals surface area contributed by atoms with Crippen molar-refractivity contribution in [1.29, 1.82) is 0 Å². The zero-order valence-electron chi connectivity index (χ0n) is 9.32. The maximum atomic E-state index is 9.15. The topological polar surface area (TPSA) is 32.3 Å². The highest BCUT2D eigenvalue weighted by atomic mass is 35.5. The Bertz CT molecular complexity index is 325. The van der Waals surface area contributed by atoms with Gasteiger partial charge in [-0.15, -0.1) is 11.6 Å². The van der Waals surface area contributed by atoms with Crippen molar-refractivity contribution in [3.8, 4) is 5.75 Å². The van der Waals surface area contributed by atoms with Gasteiger partial charge in [0.1, 0.15) is 5.75 Å². The van der Waals surface area contributed by atoms with E-state index in [2.05, 4.69) is 5.32 Å². The molecule has 0 bridgehead atoms. The standard InChI is InChI=1S/C13H18ClNO/c14-12-4-1-11(7-12)9-15-8-10-2-5-13(16)6-3-10/h2-3,5-6,11-12,15-16H,1,4,7-9H2. The molecule has 88 valence electrons. The summed E-state index contributed by atoms with van der Waals surface area (Å²) in [6, 6.07) is 7.34. The van der Waals surface area contributed by atoms with E-state index in [0.29, 0.717) is 11.1 Å². The number of benzene rings is 1. The number of halogens is 1. The van der Waals surface area contributed by atoms with Crippen LogP contribution in [0.2, 0.25) is 0 Å². The molecule has 2 atom stereocenters. The third-order valence-corrected chi connectivity index (χ3v) is 3.57. The van der Waals surface area contributed by atoms with Crippen LogP contribution < -0.4 is 5.32 Å². The molecular weight excluding hydrogens is 222 g/mol. The van der Waals surface area contributed by atoms with Gasteiger partial charge in [0.15, 0.2) is 0 Å². The van der Waals surface area contributed by atoms with Gasteiger partial charge in [-0.2, -0.15) is 0 Å². The van der Waals surface area contributed by atoms with Crippen LogP contribution in [-0.4, -0.2) is 17.0 Å². The molecule has 1 fully saturated rings. The van der Waals surface area contributed by atoms with Gasteiger partial charge >= 0.3 is 0 Å². The molecule has 3 heteroatoms. The molecule has 2 nitrogen and oxygen atoms in total. The number of hydrogen-bond acceptors (Lipinski definition) is 2. The van der Waals surface area contributed by atoms with Gasteiger partial charge in [-0.3, -0.25) is 0 Å². The van der Waals surface area contributed by atoms with Crippen LogP contribution in [0.3, 0.4) is 0 Å². The van der Waals surface area contributed by atoms with E-state index in [-0.39, 0.29) is 0 Å². The van der Waals surface area contributed by atoms with Crippen molar-refractivity contribution in [1.82, 2.24) is 5.32 Å². The average molecular weight is 240 g/mol. The van der Waals surface area contributed by atoms with Gasteiger partial charge in [0.25, 0.3) is 0 Å². The number of rotatable bonds is 4. The summed E-state index contributed by atoms with van der Waals surface area (Å²) < 4.78 is 0. The second-order valence-electron chi connectivity index (χ2n) is 4.57. The molecular formula is C13H18ClNO. The molecule has 1 aromatic carbocycles. The van der Waals surface area contributed by atoms with E-state index in [1.54, 1.807) is 12.1 Å². The van der Waals surface area contributed by atoms with Crippen molar-refractivity contribution in [2.24, 2.45) is 5.92 Å². The molecule has 0 amide bonds. The molecule has 0 aromatic heterocycles. The summed E-state index contributed by atoms with van der Waals surface area (Å²) in [5.41, 5.74) is 1.21. The monoisotopic (exact) mass is 239 g/mol. The summed E-state index contributed by atoms with van der Waals surface area (Å²) >= 11 is 6.06. The molecule has 1 aliphatic rings. The van der Waals surface area contributed by atoms with Gasteiger partial charge in [0.05, 0.1) is 0 Å². The quantitative estimate of drug-likeness (QED) is 0.792. The minimum absolute atomic E-state index is 0.324. The fourth-order valence-electron chi connectivity index (χ4n) is 2.23. The fourth-order valence-corrected chi connectivity index (χ4v) is 2.61. The molecule has 2 N–H and O–H groups in total. The zero-order chi connectivity index (χ0) is 11.4. The Balaban J connectivity index is 1.70. The van der Waals surface area contributed by atoms with E-state index < -0.39 is 0 Å². The maximum Gasteiger partial charge on any atom is 0.115 e. The minimum Gasteiger partial charge on any atom is -0.508 e. The Morgan fingerprint density at radius 3 is 2.62 bits per heavy atom. The van der Waals surface area contributed by atoms with E-state index in [1.165, 1.54) is 12.0 Å². The summed E-state index contributed by atoms with van der Waals surface area (Å²) in [5, 5.41) is 13.0. The smallest absolute Gasteiger partial charge is 0.115 e. The first-order chi connectivity index (χ1) is 7.74. The lowest BCUT2D eigenvalue weighted by Crippen LogP contribution is -2.21. The Morgan fingerprint density at radius 2 is 2.00 bits per heavy atom. The molecule has 0 spiro atoms. The SMILES string of the molecule is Oc1ccc(CNCC2CCC(Cl)C2)cc1. The molecule has 2 unspecified atom stereocenters. The van der Waals surface area contributed by atoms with Crippen LogP contribution in [0.25, 0.3) is 0 Å². The molecule has 16 heavy (non-hydrogen) atoms. The van der Waals surface area contributed by atoms with Crippen LogP contribution in [0.5, 0.6) is 5.75 Å². The Morgan fingerprint density at radius 1 is 1.25 bits per heavy atom. The number of alkyl halides is 1. The van der Waals surface area contributed by atoms with Crippen LogP contribution in [-0.2, 0) is 6.54 Å². The lowest BCUT2D eigenvalue weighted by molar-refractivity contribution is 0.474. The van der Waals surface area contributed by atoms with Gasteiger partial charge in [-0.1, -0.05) is 12.1 Å². The normalized spacial score (nSPS) is 24.8. The minimum atomic E-state index is 0.324. The van der Waals surface area contributed by atoms with Gasteiger partial charge < -0.3 is 10.4 Å². The molecule has 0 radical (unpaired) electrons. The fraction of sp³-hybridized carbons (Fsp3) is 0.538. The van der Waals surface area contributed by atoms with E-state index in [4.69, 9.17) is 16.7 Å². The van der Waals surface area contributed by atoms with Gasteiger partial charge in [-0.25, -0.2) is 0 Å². The number of phenols is 1. The molecule has 2 rings (SSSR count). The molecule has 0 heterocycles. The van der Waals surface area contributed by atoms with Crippen LogP contribution in [0, 0.1) is 5.92 Å². The molecule has 1 saturated carbocycles. The molecule has 1 aromatic rings. The van der Waals surface area contributed by atoms with Crippen LogP contribution in [0.4, 0.5) is 0 Å². The first-order valence-corrected chi connectivity index (χ1v) is 6.30. The largest absolute Gasteiger partial charge is 0.508 e. The average Bonchev–Trinajstić information content (AvgIpc) is 2.67. The van der Waals surface area contributed by atoms with E-state index in [1.807, 2.05) is 12.1 Å². The van der Waals surface area contributed by atoms with Crippen molar-refractivity contribution >= 4 is 11.6 Å². The van der Waals surface area contributed by atoms with Crippen LogP contribution >= 0.6 is 11.6 Å². The van der Waals surface area contributed by atoms with Gasteiger partial charge in [0.2, 0.25) is 0 Å². The summed E-state index contributed by atoms with van der Waals surface area (Å²) in [5.74, 6) is 1.06. The van der Waals surface area contributed by atoms with Crippen molar-refractivity contribution < 1.29 is 5.11 Å². The lowest BCUT2D eigenvalue weighted by Gasteiger charge is -2.10. The van der Waals surface area contributed by atoms with Gasteiger partial charge in [-0.05, 0) is 49.4 Å². The number of nitrogens with one attached hydrogen (secondary N) is 1. The third kappa shape index (κ3) is 3.39. The molecule has 1 aliphatic carbocycles. The third-order valence-electron chi connectivity index (χ3n) is 3.18. The first kappa shape index (κ1) is 11.7. The lowest BCUT2D eigenvalue weighted by atomic mass is 10.1. The summed E-state index contributed by atoms with van der Waals surface area (Å²) in [4.78, 5) is 0. The second-order valence-corrected chi connectivity index (χ2v) is 5.19. The van der Waals surface area contributed by atoms with E-state index >= 15 is 0 Å². The summed E-state index contributed by atoms with van der Waals surface area (Å²) in [6.07, 6.45) is 3.55. The Labute approximate surface area is 102 Å². The zero-order valence-corrected chi connectivity index (χ0v) is 10.1. The van der Waals surface area contributed by atoms with Crippen LogP contribution in [0.15, 0.2) is 24.3 Å². The molecule has 0 saturated heterocycles. The highest BCUT2D eigenvalue weighted by molar-refractivity contribution is 6.20. The first-order valence-electron chi connectivity index (χ1n) is 5.87. The van der Waals surface area contributed by atoms with E-state index in [9.17, 15) is 0 Å². The van der Waals surface area contributed by atoms with Crippen molar-refractivity contribution in [3.63, 3.8) is 0 Å². The number of aromatic hydroxyl groups is 1. The number of hydrogen-bond donors (Lipinski definition) is 2. The Kier molecular flexibility index (Phi) is 4.08. The van der Waals surface area contributed by atoms with Crippen molar-refractivity contribution in [2.75, 3.05) is 6.54 Å². The predicted molar refractivity (Wildman–Crippen MR) is 66.8 cm³/mol. The van der Waals surface area contributed by atoms with E-state index in [0.717, 1.165) is 31.8 Å².